The van der Waals surface area contributed by atoms with E-state index in [9.17, 15) is 14.9 Å². The highest BCUT2D eigenvalue weighted by Crippen LogP contribution is 2.37. The summed E-state index contributed by atoms with van der Waals surface area (Å²) in [5.74, 6) is 0. The summed E-state index contributed by atoms with van der Waals surface area (Å²) in [5.41, 5.74) is 4.41. The molecular weight excluding hydrogens is 362 g/mol. The molecule has 4 rings (SSSR count). The zero-order valence-electron chi connectivity index (χ0n) is 15.3. The number of hydrogen-bond acceptors (Lipinski definition) is 4. The van der Waals surface area contributed by atoms with E-state index in [0.717, 1.165) is 17.4 Å². The molecule has 0 amide bonds. The molecule has 0 aliphatic rings. The molecule has 0 bridgehead atoms. The van der Waals surface area contributed by atoms with Crippen molar-refractivity contribution in [1.29, 1.82) is 5.26 Å². The molecule has 0 fully saturated rings. The molecule has 29 heavy (non-hydrogen) atoms. The molecule has 4 aromatic rings. The van der Waals surface area contributed by atoms with Gasteiger partial charge in [0.15, 0.2) is 0 Å². The van der Waals surface area contributed by atoms with E-state index in [1.807, 2.05) is 18.2 Å². The molecule has 0 aliphatic carbocycles. The van der Waals surface area contributed by atoms with Gasteiger partial charge in [-0.1, -0.05) is 48.5 Å². The number of hydrogen-bond donors (Lipinski definition) is 1. The first-order valence-corrected chi connectivity index (χ1v) is 8.95. The van der Waals surface area contributed by atoms with Gasteiger partial charge in [0.05, 0.1) is 22.9 Å². The predicted molar refractivity (Wildman–Crippen MR) is 111 cm³/mol. The number of pyridine rings is 2. The van der Waals surface area contributed by atoms with Gasteiger partial charge in [0, 0.05) is 34.6 Å². The molecule has 1 N–H and O–H groups in total. The molecule has 0 aliphatic heterocycles. The Labute approximate surface area is 166 Å². The summed E-state index contributed by atoms with van der Waals surface area (Å²) in [5, 5.41) is 9.57. The first-order valence-electron chi connectivity index (χ1n) is 8.95. The van der Waals surface area contributed by atoms with E-state index < -0.39 is 0 Å². The monoisotopic (exact) mass is 377 g/mol. The van der Waals surface area contributed by atoms with Crippen LogP contribution in [-0.4, -0.2) is 16.3 Å². The number of nitrogens with one attached hydrogen (secondary N) is 1. The topological polar surface area (TPSA) is 86.6 Å². The third-order valence-electron chi connectivity index (χ3n) is 4.69. The molecule has 2 heterocycles. The van der Waals surface area contributed by atoms with E-state index >= 15 is 0 Å². The average Bonchev–Trinajstić information content (AvgIpc) is 2.79. The molecule has 0 unspecified atom stereocenters. The van der Waals surface area contributed by atoms with Gasteiger partial charge < -0.3 is 4.98 Å². The summed E-state index contributed by atoms with van der Waals surface area (Å²) in [7, 11) is 0. The molecule has 0 saturated heterocycles. The van der Waals surface area contributed by atoms with Crippen molar-refractivity contribution in [2.24, 2.45) is 0 Å². The lowest BCUT2D eigenvalue weighted by Gasteiger charge is -2.15. The summed E-state index contributed by atoms with van der Waals surface area (Å²) in [4.78, 5) is 31.2. The highest BCUT2D eigenvalue weighted by molar-refractivity contribution is 5.94. The number of rotatable bonds is 4. The number of nitriles is 1. The third kappa shape index (κ3) is 3.35. The van der Waals surface area contributed by atoms with Crippen molar-refractivity contribution in [3.63, 3.8) is 0 Å². The molecule has 5 nitrogen and oxygen atoms in total. The first kappa shape index (κ1) is 18.1. The van der Waals surface area contributed by atoms with Gasteiger partial charge in [-0.25, -0.2) is 0 Å². The van der Waals surface area contributed by atoms with E-state index in [4.69, 9.17) is 0 Å². The minimum atomic E-state index is -0.304. The summed E-state index contributed by atoms with van der Waals surface area (Å²) >= 11 is 0. The van der Waals surface area contributed by atoms with Crippen LogP contribution in [0.4, 0.5) is 0 Å². The van der Waals surface area contributed by atoms with E-state index in [1.165, 1.54) is 0 Å². The van der Waals surface area contributed by atoms with Gasteiger partial charge in [0.1, 0.15) is 6.29 Å². The van der Waals surface area contributed by atoms with Gasteiger partial charge in [-0.2, -0.15) is 5.26 Å². The fourth-order valence-corrected chi connectivity index (χ4v) is 3.34. The summed E-state index contributed by atoms with van der Waals surface area (Å²) in [6.45, 7) is 0. The molecular formula is C24H15N3O2. The van der Waals surface area contributed by atoms with Gasteiger partial charge in [0.25, 0.3) is 5.56 Å². The standard InChI is InChI=1S/C24H15N3O2/c25-13-18-5-1-2-6-19(18)23-22(17-10-8-16(15-28)9-11-17)20(14-27-24(23)29)21-7-3-4-12-26-21/h1-12,14-15H,(H,27,29). The quantitative estimate of drug-likeness (QED) is 0.532. The van der Waals surface area contributed by atoms with E-state index in [1.54, 1.807) is 60.9 Å². The summed E-state index contributed by atoms with van der Waals surface area (Å²) in [6.07, 6.45) is 4.09. The first-order chi connectivity index (χ1) is 14.2. The molecule has 0 saturated carbocycles. The molecule has 138 valence electrons. The maximum atomic E-state index is 12.9. The molecule has 5 heteroatoms. The Morgan fingerprint density at radius 3 is 2.34 bits per heavy atom. The van der Waals surface area contributed by atoms with Crippen LogP contribution in [0.1, 0.15) is 15.9 Å². The number of benzene rings is 2. The lowest BCUT2D eigenvalue weighted by molar-refractivity contribution is 0.112. The molecule has 2 aromatic heterocycles. The van der Waals surface area contributed by atoms with Crippen molar-refractivity contribution in [1.82, 2.24) is 9.97 Å². The maximum absolute atomic E-state index is 12.9. The number of H-pyrrole nitrogens is 1. The maximum Gasteiger partial charge on any atom is 0.256 e. The highest BCUT2D eigenvalue weighted by atomic mass is 16.1. The number of carbonyl (C=O) groups excluding carboxylic acids is 1. The summed E-state index contributed by atoms with van der Waals surface area (Å²) in [6, 6.07) is 21.7. The van der Waals surface area contributed by atoms with Crippen molar-refractivity contribution in [2.45, 2.75) is 0 Å². The van der Waals surface area contributed by atoms with Crippen LogP contribution in [0, 0.1) is 11.3 Å². The van der Waals surface area contributed by atoms with Crippen molar-refractivity contribution in [3.8, 4) is 39.6 Å². The lowest BCUT2D eigenvalue weighted by Crippen LogP contribution is -2.12. The van der Waals surface area contributed by atoms with Crippen LogP contribution in [0.2, 0.25) is 0 Å². The van der Waals surface area contributed by atoms with Crippen molar-refractivity contribution >= 4 is 6.29 Å². The number of aromatic amines is 1. The number of aldehydes is 1. The third-order valence-corrected chi connectivity index (χ3v) is 4.69. The van der Waals surface area contributed by atoms with Crippen LogP contribution < -0.4 is 5.56 Å². The second-order valence-electron chi connectivity index (χ2n) is 6.39. The highest BCUT2D eigenvalue weighted by Gasteiger charge is 2.20. The average molecular weight is 377 g/mol. The predicted octanol–water partition coefficient (Wildman–Crippen LogP) is 4.46. The van der Waals surface area contributed by atoms with Crippen LogP contribution in [0.5, 0.6) is 0 Å². The molecule has 0 atom stereocenters. The molecule has 0 spiro atoms. The second kappa shape index (κ2) is 7.75. The van der Waals surface area contributed by atoms with Gasteiger partial charge in [0.2, 0.25) is 0 Å². The fourth-order valence-electron chi connectivity index (χ4n) is 3.34. The van der Waals surface area contributed by atoms with Crippen LogP contribution in [0.25, 0.3) is 33.5 Å². The zero-order chi connectivity index (χ0) is 20.2. The Balaban J connectivity index is 2.11. The van der Waals surface area contributed by atoms with Crippen molar-refractivity contribution < 1.29 is 4.79 Å². The Bertz CT molecular complexity index is 1280. The smallest absolute Gasteiger partial charge is 0.256 e. The van der Waals surface area contributed by atoms with Gasteiger partial charge in [-0.3, -0.25) is 14.6 Å². The fraction of sp³-hybridized carbons (Fsp3) is 0. The Morgan fingerprint density at radius 1 is 0.897 bits per heavy atom. The Kier molecular flexibility index (Phi) is 4.83. The van der Waals surface area contributed by atoms with Crippen LogP contribution in [0.3, 0.4) is 0 Å². The zero-order valence-corrected chi connectivity index (χ0v) is 15.3. The number of aromatic nitrogens is 2. The van der Waals surface area contributed by atoms with Crippen LogP contribution >= 0.6 is 0 Å². The Hall–Kier alpha value is -4.30. The SMILES string of the molecule is N#Cc1ccccc1-c1c(-c2ccc(C=O)cc2)c(-c2ccccn2)c[nH]c1=O. The minimum absolute atomic E-state index is 0.304. The number of carbonyl (C=O) groups is 1. The molecule has 2 aromatic carbocycles. The van der Waals surface area contributed by atoms with Crippen molar-refractivity contribution in [2.75, 3.05) is 0 Å². The minimum Gasteiger partial charge on any atom is -0.328 e. The van der Waals surface area contributed by atoms with E-state index in [2.05, 4.69) is 16.0 Å². The van der Waals surface area contributed by atoms with Crippen molar-refractivity contribution in [3.05, 3.63) is 101 Å². The molecule has 0 radical (unpaired) electrons. The second-order valence-corrected chi connectivity index (χ2v) is 6.39. The van der Waals surface area contributed by atoms with Gasteiger partial charge in [-0.05, 0) is 23.8 Å². The normalized spacial score (nSPS) is 10.3. The Morgan fingerprint density at radius 2 is 1.66 bits per heavy atom. The van der Waals surface area contributed by atoms with E-state index in [-0.39, 0.29) is 5.56 Å². The van der Waals surface area contributed by atoms with E-state index in [0.29, 0.717) is 33.5 Å². The van der Waals surface area contributed by atoms with Crippen LogP contribution in [-0.2, 0) is 0 Å². The van der Waals surface area contributed by atoms with Gasteiger partial charge >= 0.3 is 0 Å². The largest absolute Gasteiger partial charge is 0.328 e. The van der Waals surface area contributed by atoms with Gasteiger partial charge in [-0.15, -0.1) is 0 Å². The summed E-state index contributed by atoms with van der Waals surface area (Å²) < 4.78 is 0. The lowest BCUT2D eigenvalue weighted by atomic mass is 9.89. The number of nitrogens with zero attached hydrogens (tertiary/aromatic N) is 2. The van der Waals surface area contributed by atoms with Crippen LogP contribution in [0.15, 0.2) is 83.9 Å².